The Morgan fingerprint density at radius 2 is 1.63 bits per heavy atom. The van der Waals surface area contributed by atoms with Crippen LogP contribution < -0.4 is 15.4 Å². The Labute approximate surface area is 205 Å². The van der Waals surface area contributed by atoms with Crippen LogP contribution in [0.2, 0.25) is 0 Å². The Morgan fingerprint density at radius 1 is 0.943 bits per heavy atom. The van der Waals surface area contributed by atoms with Crippen LogP contribution >= 0.6 is 0 Å². The van der Waals surface area contributed by atoms with Gasteiger partial charge in [0.25, 0.3) is 0 Å². The second-order valence-corrected chi connectivity index (χ2v) is 8.66. The Kier molecular flexibility index (Phi) is 8.13. The normalized spacial score (nSPS) is 14.3. The third-order valence-electron chi connectivity index (χ3n) is 6.29. The molecule has 3 N–H and O–H groups in total. The summed E-state index contributed by atoms with van der Waals surface area (Å²) >= 11 is 0. The molecule has 1 aliphatic heterocycles. The molecular formula is C28H31N3O4. The van der Waals surface area contributed by atoms with Crippen LogP contribution in [0.25, 0.3) is 0 Å². The SMILES string of the molecule is COc1cccc(NC2CCN(CC(=O)Nc3ccc(C(=O)c4ccccc4)cc3)CC2)c1CO. The maximum Gasteiger partial charge on any atom is 0.238 e. The van der Waals surface area contributed by atoms with E-state index in [2.05, 4.69) is 15.5 Å². The van der Waals surface area contributed by atoms with E-state index in [4.69, 9.17) is 4.74 Å². The minimum atomic E-state index is -0.0905. The first kappa shape index (κ1) is 24.4. The van der Waals surface area contributed by atoms with E-state index in [1.807, 2.05) is 36.4 Å². The summed E-state index contributed by atoms with van der Waals surface area (Å²) in [5.74, 6) is 0.554. The number of nitrogens with one attached hydrogen (secondary N) is 2. The average molecular weight is 474 g/mol. The molecule has 0 spiro atoms. The predicted molar refractivity (Wildman–Crippen MR) is 137 cm³/mol. The summed E-state index contributed by atoms with van der Waals surface area (Å²) in [6.07, 6.45) is 1.79. The molecule has 7 heteroatoms. The Morgan fingerprint density at radius 3 is 2.29 bits per heavy atom. The van der Waals surface area contributed by atoms with Crippen molar-refractivity contribution in [3.05, 3.63) is 89.5 Å². The van der Waals surface area contributed by atoms with Crippen LogP contribution in [0.1, 0.15) is 34.3 Å². The number of benzene rings is 3. The van der Waals surface area contributed by atoms with Crippen LogP contribution in [0.5, 0.6) is 5.75 Å². The quantitative estimate of drug-likeness (QED) is 0.408. The molecule has 1 fully saturated rings. The van der Waals surface area contributed by atoms with Gasteiger partial charge in [-0.25, -0.2) is 0 Å². The molecule has 3 aromatic carbocycles. The minimum Gasteiger partial charge on any atom is -0.496 e. The first-order valence-electron chi connectivity index (χ1n) is 11.8. The number of hydrogen-bond acceptors (Lipinski definition) is 6. The number of rotatable bonds is 9. The summed E-state index contributed by atoms with van der Waals surface area (Å²) in [6, 6.07) is 22.1. The van der Waals surface area contributed by atoms with E-state index >= 15 is 0 Å². The number of aliphatic hydroxyl groups is 1. The molecule has 0 saturated carbocycles. The van der Waals surface area contributed by atoms with Gasteiger partial charge in [0.2, 0.25) is 5.91 Å². The summed E-state index contributed by atoms with van der Waals surface area (Å²) < 4.78 is 5.34. The number of amides is 1. The summed E-state index contributed by atoms with van der Waals surface area (Å²) in [4.78, 5) is 27.2. The number of carbonyl (C=O) groups is 2. The van der Waals surface area contributed by atoms with Gasteiger partial charge in [0.15, 0.2) is 5.78 Å². The van der Waals surface area contributed by atoms with Crippen molar-refractivity contribution in [2.75, 3.05) is 37.4 Å². The molecule has 7 nitrogen and oxygen atoms in total. The fourth-order valence-corrected chi connectivity index (χ4v) is 4.38. The maximum absolute atomic E-state index is 12.6. The van der Waals surface area contributed by atoms with E-state index in [0.717, 1.165) is 37.2 Å². The van der Waals surface area contributed by atoms with Gasteiger partial charge in [-0.1, -0.05) is 36.4 Å². The van der Waals surface area contributed by atoms with Crippen molar-refractivity contribution < 1.29 is 19.4 Å². The number of hydrogen-bond donors (Lipinski definition) is 3. The van der Waals surface area contributed by atoms with Crippen molar-refractivity contribution >= 4 is 23.1 Å². The largest absolute Gasteiger partial charge is 0.496 e. The van der Waals surface area contributed by atoms with Gasteiger partial charge in [-0.2, -0.15) is 0 Å². The van der Waals surface area contributed by atoms with Gasteiger partial charge in [-0.15, -0.1) is 0 Å². The highest BCUT2D eigenvalue weighted by Gasteiger charge is 2.22. The fourth-order valence-electron chi connectivity index (χ4n) is 4.38. The Balaban J connectivity index is 1.25. The standard InChI is InChI=1S/C28H31N3O4/c1-35-26-9-5-8-25(24(26)19-32)29-23-14-16-31(17-15-23)18-27(33)30-22-12-10-21(11-13-22)28(34)20-6-3-2-4-7-20/h2-13,23,29,32H,14-19H2,1H3,(H,30,33). The Bertz CT molecular complexity index is 1140. The summed E-state index contributed by atoms with van der Waals surface area (Å²) in [5, 5.41) is 16.2. The molecule has 3 aromatic rings. The van der Waals surface area contributed by atoms with Crippen molar-refractivity contribution in [2.45, 2.75) is 25.5 Å². The van der Waals surface area contributed by atoms with Crippen LogP contribution in [0.15, 0.2) is 72.8 Å². The van der Waals surface area contributed by atoms with E-state index in [1.54, 1.807) is 43.5 Å². The van der Waals surface area contributed by atoms with Crippen molar-refractivity contribution in [1.29, 1.82) is 0 Å². The smallest absolute Gasteiger partial charge is 0.238 e. The molecule has 1 heterocycles. The van der Waals surface area contributed by atoms with Crippen LogP contribution in [0.3, 0.4) is 0 Å². The molecule has 35 heavy (non-hydrogen) atoms. The number of nitrogens with zero attached hydrogens (tertiary/aromatic N) is 1. The molecule has 182 valence electrons. The second kappa shape index (κ2) is 11.6. The summed E-state index contributed by atoms with van der Waals surface area (Å²) in [7, 11) is 1.60. The molecule has 0 aliphatic carbocycles. The number of piperidine rings is 1. The molecular weight excluding hydrogens is 442 g/mol. The number of likely N-dealkylation sites (tertiary alicyclic amines) is 1. The lowest BCUT2D eigenvalue weighted by Crippen LogP contribution is -2.42. The van der Waals surface area contributed by atoms with E-state index in [-0.39, 0.29) is 24.3 Å². The second-order valence-electron chi connectivity index (χ2n) is 8.66. The third-order valence-corrected chi connectivity index (χ3v) is 6.29. The number of anilines is 2. The number of ether oxygens (including phenoxy) is 1. The van der Waals surface area contributed by atoms with E-state index in [1.165, 1.54) is 0 Å². The zero-order valence-electron chi connectivity index (χ0n) is 19.9. The zero-order valence-corrected chi connectivity index (χ0v) is 19.9. The van der Waals surface area contributed by atoms with E-state index < -0.39 is 0 Å². The minimum absolute atomic E-state index is 0.0417. The van der Waals surface area contributed by atoms with Crippen LogP contribution in [0, 0.1) is 0 Å². The number of ketones is 1. The van der Waals surface area contributed by atoms with Crippen LogP contribution in [0.4, 0.5) is 11.4 Å². The van der Waals surface area contributed by atoms with Gasteiger partial charge in [0.05, 0.1) is 20.3 Å². The van der Waals surface area contributed by atoms with Crippen LogP contribution in [-0.4, -0.2) is 54.5 Å². The fraction of sp³-hybridized carbons (Fsp3) is 0.286. The molecule has 0 aromatic heterocycles. The van der Waals surface area contributed by atoms with Gasteiger partial charge in [-0.3, -0.25) is 14.5 Å². The highest BCUT2D eigenvalue weighted by atomic mass is 16.5. The number of aliphatic hydroxyl groups excluding tert-OH is 1. The lowest BCUT2D eigenvalue weighted by Gasteiger charge is -2.32. The predicted octanol–water partition coefficient (Wildman–Crippen LogP) is 3.93. The van der Waals surface area contributed by atoms with E-state index in [9.17, 15) is 14.7 Å². The highest BCUT2D eigenvalue weighted by molar-refractivity contribution is 6.09. The maximum atomic E-state index is 12.6. The molecule has 0 atom stereocenters. The molecule has 0 unspecified atom stereocenters. The number of carbonyl (C=O) groups excluding carboxylic acids is 2. The van der Waals surface area contributed by atoms with E-state index in [0.29, 0.717) is 29.1 Å². The molecule has 1 aliphatic rings. The zero-order chi connectivity index (χ0) is 24.6. The summed E-state index contributed by atoms with van der Waals surface area (Å²) in [5.41, 5.74) is 3.54. The van der Waals surface area contributed by atoms with Crippen LogP contribution in [-0.2, 0) is 11.4 Å². The van der Waals surface area contributed by atoms with Crippen molar-refractivity contribution in [1.82, 2.24) is 4.90 Å². The van der Waals surface area contributed by atoms with Gasteiger partial charge in [0.1, 0.15) is 5.75 Å². The molecule has 1 saturated heterocycles. The average Bonchev–Trinajstić information content (AvgIpc) is 2.90. The molecule has 0 radical (unpaired) electrons. The lowest BCUT2D eigenvalue weighted by molar-refractivity contribution is -0.117. The lowest BCUT2D eigenvalue weighted by atomic mass is 10.0. The monoisotopic (exact) mass is 473 g/mol. The molecule has 0 bridgehead atoms. The summed E-state index contributed by atoms with van der Waals surface area (Å²) in [6.45, 7) is 1.83. The Hall–Kier alpha value is -3.68. The first-order chi connectivity index (χ1) is 17.1. The van der Waals surface area contributed by atoms with Gasteiger partial charge in [0, 0.05) is 47.2 Å². The van der Waals surface area contributed by atoms with Crippen molar-refractivity contribution in [3.8, 4) is 5.75 Å². The molecule has 1 amide bonds. The van der Waals surface area contributed by atoms with Crippen molar-refractivity contribution in [3.63, 3.8) is 0 Å². The van der Waals surface area contributed by atoms with Gasteiger partial charge >= 0.3 is 0 Å². The van der Waals surface area contributed by atoms with Crippen molar-refractivity contribution in [2.24, 2.45) is 0 Å². The number of methoxy groups -OCH3 is 1. The third kappa shape index (κ3) is 6.26. The topological polar surface area (TPSA) is 90.9 Å². The van der Waals surface area contributed by atoms with Gasteiger partial charge in [-0.05, 0) is 49.2 Å². The highest BCUT2D eigenvalue weighted by Crippen LogP contribution is 2.28. The first-order valence-corrected chi connectivity index (χ1v) is 11.8. The molecule has 4 rings (SSSR count). The van der Waals surface area contributed by atoms with Gasteiger partial charge < -0.3 is 20.5 Å².